The average Bonchev–Trinajstić information content (AvgIpc) is 3.28. The third kappa shape index (κ3) is 4.36. The van der Waals surface area contributed by atoms with Crippen LogP contribution >= 0.6 is 0 Å². The maximum atomic E-state index is 12.0. The fraction of sp³-hybridized carbons (Fsp3) is 0.682. The number of hydrogen-bond donors (Lipinski definition) is 0. The van der Waals surface area contributed by atoms with E-state index in [-0.39, 0.29) is 18.1 Å². The molecule has 0 aromatic heterocycles. The molecule has 5 nitrogen and oxygen atoms in total. The summed E-state index contributed by atoms with van der Waals surface area (Å²) in [4.78, 5) is 16.4. The van der Waals surface area contributed by atoms with Crippen LogP contribution in [0.5, 0.6) is 0 Å². The Kier molecular flexibility index (Phi) is 5.81. The van der Waals surface area contributed by atoms with Crippen molar-refractivity contribution in [2.24, 2.45) is 5.92 Å². The van der Waals surface area contributed by atoms with Gasteiger partial charge in [0.25, 0.3) is 0 Å². The van der Waals surface area contributed by atoms with Crippen LogP contribution in [0.15, 0.2) is 24.3 Å². The predicted molar refractivity (Wildman–Crippen MR) is 104 cm³/mol. The maximum Gasteiger partial charge on any atom is 0.248 e. The fourth-order valence-corrected chi connectivity index (χ4v) is 4.88. The van der Waals surface area contributed by atoms with E-state index in [4.69, 9.17) is 9.47 Å². The van der Waals surface area contributed by atoms with Gasteiger partial charge in [-0.25, -0.2) is 0 Å². The topological polar surface area (TPSA) is 42.0 Å². The van der Waals surface area contributed by atoms with E-state index in [1.54, 1.807) is 0 Å². The Balaban J connectivity index is 1.19. The Hall–Kier alpha value is -1.43. The minimum Gasteiger partial charge on any atom is -0.372 e. The fourth-order valence-electron chi connectivity index (χ4n) is 4.88. The van der Waals surface area contributed by atoms with Gasteiger partial charge in [-0.05, 0) is 44.1 Å². The first-order valence-electron chi connectivity index (χ1n) is 10.4. The van der Waals surface area contributed by atoms with Crippen LogP contribution in [0.25, 0.3) is 0 Å². The molecule has 3 aliphatic heterocycles. The molecule has 4 rings (SSSR count). The molecule has 148 valence electrons. The smallest absolute Gasteiger partial charge is 0.248 e. The average molecular weight is 373 g/mol. The van der Waals surface area contributed by atoms with Crippen molar-refractivity contribution in [3.8, 4) is 0 Å². The number of hydrogen-bond acceptors (Lipinski definition) is 4. The van der Waals surface area contributed by atoms with Gasteiger partial charge in [0, 0.05) is 45.9 Å². The second-order valence-electron chi connectivity index (χ2n) is 8.46. The van der Waals surface area contributed by atoms with E-state index in [1.807, 2.05) is 4.90 Å². The van der Waals surface area contributed by atoms with Crippen LogP contribution in [0.3, 0.4) is 0 Å². The van der Waals surface area contributed by atoms with Crippen molar-refractivity contribution in [1.29, 1.82) is 0 Å². The zero-order valence-electron chi connectivity index (χ0n) is 16.5. The predicted octanol–water partition coefficient (Wildman–Crippen LogP) is 2.62. The summed E-state index contributed by atoms with van der Waals surface area (Å²) in [6, 6.07) is 8.75. The van der Waals surface area contributed by atoms with Gasteiger partial charge in [-0.2, -0.15) is 0 Å². The monoisotopic (exact) mass is 372 g/mol. The molecule has 3 fully saturated rings. The summed E-state index contributed by atoms with van der Waals surface area (Å²) in [6.07, 6.45) is 4.37. The van der Waals surface area contributed by atoms with E-state index in [1.165, 1.54) is 11.1 Å². The third-order valence-corrected chi connectivity index (χ3v) is 6.37. The molecule has 3 heterocycles. The molecule has 27 heavy (non-hydrogen) atoms. The lowest BCUT2D eigenvalue weighted by Gasteiger charge is -2.50. The number of carbonyl (C=O) groups excluding carboxylic acids is 1. The van der Waals surface area contributed by atoms with Crippen LogP contribution < -0.4 is 0 Å². The van der Waals surface area contributed by atoms with Gasteiger partial charge in [0.1, 0.15) is 6.61 Å². The molecule has 5 heteroatoms. The van der Waals surface area contributed by atoms with Crippen molar-refractivity contribution >= 4 is 5.91 Å². The molecular weight excluding hydrogens is 340 g/mol. The van der Waals surface area contributed by atoms with Gasteiger partial charge in [0.15, 0.2) is 0 Å². The number of rotatable bonds is 7. The Morgan fingerprint density at radius 3 is 2.89 bits per heavy atom. The molecule has 3 saturated heterocycles. The molecule has 1 aromatic rings. The Morgan fingerprint density at radius 2 is 2.11 bits per heavy atom. The van der Waals surface area contributed by atoms with Gasteiger partial charge in [-0.15, -0.1) is 0 Å². The number of benzene rings is 1. The van der Waals surface area contributed by atoms with E-state index in [0.29, 0.717) is 12.5 Å². The first kappa shape index (κ1) is 18.9. The van der Waals surface area contributed by atoms with Gasteiger partial charge in [-0.1, -0.05) is 29.8 Å². The molecule has 1 spiro atoms. The molecule has 3 aliphatic rings. The second-order valence-corrected chi connectivity index (χ2v) is 8.46. The summed E-state index contributed by atoms with van der Waals surface area (Å²) >= 11 is 0. The lowest BCUT2D eigenvalue weighted by atomic mass is 9.79. The maximum absolute atomic E-state index is 12.0. The van der Waals surface area contributed by atoms with Crippen LogP contribution in [0.1, 0.15) is 36.8 Å². The Morgan fingerprint density at radius 1 is 1.30 bits per heavy atom. The van der Waals surface area contributed by atoms with E-state index >= 15 is 0 Å². The summed E-state index contributed by atoms with van der Waals surface area (Å²) in [5.74, 6) is 0.700. The van der Waals surface area contributed by atoms with Crippen molar-refractivity contribution in [3.05, 3.63) is 35.4 Å². The summed E-state index contributed by atoms with van der Waals surface area (Å²) < 4.78 is 11.9. The molecule has 1 aromatic carbocycles. The molecule has 0 radical (unpaired) electrons. The van der Waals surface area contributed by atoms with Gasteiger partial charge in [-0.3, -0.25) is 9.69 Å². The van der Waals surface area contributed by atoms with E-state index in [2.05, 4.69) is 36.1 Å². The highest BCUT2D eigenvalue weighted by atomic mass is 16.5. The molecular formula is C22H32N2O3. The highest BCUT2D eigenvalue weighted by molar-refractivity contribution is 5.77. The second kappa shape index (κ2) is 8.29. The number of amides is 1. The van der Waals surface area contributed by atoms with Gasteiger partial charge < -0.3 is 14.4 Å². The molecule has 0 bridgehead atoms. The van der Waals surface area contributed by atoms with Crippen molar-refractivity contribution in [1.82, 2.24) is 9.80 Å². The molecule has 0 N–H and O–H groups in total. The zero-order valence-corrected chi connectivity index (χ0v) is 16.5. The number of ether oxygens (including phenoxy) is 2. The van der Waals surface area contributed by atoms with Crippen LogP contribution in [-0.2, 0) is 20.8 Å². The highest BCUT2D eigenvalue weighted by Crippen LogP contribution is 2.42. The third-order valence-electron chi connectivity index (χ3n) is 6.37. The van der Waals surface area contributed by atoms with Crippen LogP contribution in [0, 0.1) is 12.8 Å². The molecule has 1 amide bonds. The number of nitrogens with zero attached hydrogens (tertiary/aromatic N) is 2. The van der Waals surface area contributed by atoms with Crippen molar-refractivity contribution in [3.63, 3.8) is 0 Å². The number of likely N-dealkylation sites (tertiary alicyclic amines) is 2. The van der Waals surface area contributed by atoms with Crippen LogP contribution in [-0.4, -0.2) is 67.3 Å². The van der Waals surface area contributed by atoms with E-state index in [0.717, 1.165) is 65.0 Å². The van der Waals surface area contributed by atoms with Crippen molar-refractivity contribution in [2.75, 3.05) is 46.0 Å². The SMILES string of the molecule is Cc1cccc(CN2CC3(C2)OCCC3CCOCC(=O)N2CCCC2)c1. The summed E-state index contributed by atoms with van der Waals surface area (Å²) in [7, 11) is 0. The first-order chi connectivity index (χ1) is 13.1. The van der Waals surface area contributed by atoms with E-state index < -0.39 is 0 Å². The summed E-state index contributed by atoms with van der Waals surface area (Å²) in [5, 5.41) is 0. The highest BCUT2D eigenvalue weighted by Gasteiger charge is 2.52. The van der Waals surface area contributed by atoms with Gasteiger partial charge in [0.2, 0.25) is 5.91 Å². The van der Waals surface area contributed by atoms with Gasteiger partial charge in [0.05, 0.1) is 5.60 Å². The normalized spacial score (nSPS) is 24.5. The first-order valence-corrected chi connectivity index (χ1v) is 10.4. The largest absolute Gasteiger partial charge is 0.372 e. The number of carbonyl (C=O) groups is 1. The van der Waals surface area contributed by atoms with Gasteiger partial charge >= 0.3 is 0 Å². The quantitative estimate of drug-likeness (QED) is 0.690. The molecule has 1 unspecified atom stereocenters. The number of aryl methyl sites for hydroxylation is 1. The minimum absolute atomic E-state index is 0.0200. The van der Waals surface area contributed by atoms with Crippen LogP contribution in [0.2, 0.25) is 0 Å². The van der Waals surface area contributed by atoms with Crippen molar-refractivity contribution in [2.45, 2.75) is 44.8 Å². The summed E-state index contributed by atoms with van der Waals surface area (Å²) in [5.41, 5.74) is 2.72. The Bertz CT molecular complexity index is 651. The molecule has 0 saturated carbocycles. The lowest BCUT2D eigenvalue weighted by Crippen LogP contribution is -2.64. The van der Waals surface area contributed by atoms with Crippen LogP contribution in [0.4, 0.5) is 0 Å². The van der Waals surface area contributed by atoms with E-state index in [9.17, 15) is 4.79 Å². The Labute approximate surface area is 162 Å². The molecule has 0 aliphatic carbocycles. The minimum atomic E-state index is 0.0200. The molecule has 1 atom stereocenters. The zero-order chi connectivity index (χ0) is 18.7. The summed E-state index contributed by atoms with van der Waals surface area (Å²) in [6.45, 7) is 8.72. The standard InChI is InChI=1S/C22H32N2O3/c1-18-5-4-6-19(13-18)14-23-16-22(17-23)20(8-12-27-22)7-11-26-15-21(25)24-9-2-3-10-24/h4-6,13,20H,2-3,7-12,14-17H2,1H3. The lowest BCUT2D eigenvalue weighted by molar-refractivity contribution is -0.141. The van der Waals surface area contributed by atoms with Crippen molar-refractivity contribution < 1.29 is 14.3 Å².